The third-order valence-corrected chi connectivity index (χ3v) is 2.27. The summed E-state index contributed by atoms with van der Waals surface area (Å²) >= 11 is 0. The number of nitrogens with one attached hydrogen (secondary N) is 2. The number of carbonyl (C=O) groups excluding carboxylic acids is 1. The largest absolute Gasteiger partial charge is 0.395 e. The first-order valence-electron chi connectivity index (χ1n) is 5.24. The van der Waals surface area contributed by atoms with E-state index < -0.39 is 0 Å². The maximum atomic E-state index is 11.6. The fourth-order valence-corrected chi connectivity index (χ4v) is 1.27. The van der Waals surface area contributed by atoms with Gasteiger partial charge in [0.15, 0.2) is 5.69 Å². The average molecular weight is 226 g/mol. The van der Waals surface area contributed by atoms with E-state index >= 15 is 0 Å². The zero-order valence-electron chi connectivity index (χ0n) is 9.67. The maximum absolute atomic E-state index is 11.6. The predicted molar refractivity (Wildman–Crippen MR) is 61.2 cm³/mol. The van der Waals surface area contributed by atoms with Gasteiger partial charge in [-0.3, -0.25) is 9.89 Å². The number of aryl methyl sites for hydroxylation is 1. The van der Waals surface area contributed by atoms with Crippen molar-refractivity contribution >= 4 is 11.6 Å². The second-order valence-electron chi connectivity index (χ2n) is 3.57. The van der Waals surface area contributed by atoms with Crippen LogP contribution in [0.3, 0.4) is 0 Å². The van der Waals surface area contributed by atoms with Crippen molar-refractivity contribution in [3.8, 4) is 0 Å². The van der Waals surface area contributed by atoms with E-state index in [1.807, 2.05) is 0 Å². The summed E-state index contributed by atoms with van der Waals surface area (Å²) in [7, 11) is 1.66. The number of aromatic amines is 1. The van der Waals surface area contributed by atoms with Crippen molar-refractivity contribution in [2.24, 2.45) is 0 Å². The highest BCUT2D eigenvalue weighted by atomic mass is 16.5. The highest BCUT2D eigenvalue weighted by Crippen LogP contribution is 2.11. The molecule has 0 aromatic carbocycles. The monoisotopic (exact) mass is 226 g/mol. The van der Waals surface area contributed by atoms with E-state index in [9.17, 15) is 4.79 Å². The van der Waals surface area contributed by atoms with Crippen LogP contribution in [0.4, 0.5) is 5.69 Å². The number of nitrogen functional groups attached to an aromatic ring is 1. The number of aromatic nitrogens is 2. The molecule has 0 fully saturated rings. The van der Waals surface area contributed by atoms with Crippen LogP contribution >= 0.6 is 0 Å². The van der Waals surface area contributed by atoms with E-state index in [1.165, 1.54) is 0 Å². The van der Waals surface area contributed by atoms with Gasteiger partial charge in [0, 0.05) is 20.3 Å². The Morgan fingerprint density at radius 1 is 1.56 bits per heavy atom. The van der Waals surface area contributed by atoms with Crippen LogP contribution in [0.1, 0.15) is 29.0 Å². The number of carbonyl (C=O) groups is 1. The SMILES string of the molecule is COCCCCNC(=O)c1n[nH]c(C)c1N. The quantitative estimate of drug-likeness (QED) is 0.614. The van der Waals surface area contributed by atoms with Crippen LogP contribution in [0, 0.1) is 6.92 Å². The highest BCUT2D eigenvalue weighted by Gasteiger charge is 2.14. The first-order valence-corrected chi connectivity index (χ1v) is 5.24. The number of hydrogen-bond acceptors (Lipinski definition) is 4. The van der Waals surface area contributed by atoms with Crippen molar-refractivity contribution in [3.63, 3.8) is 0 Å². The van der Waals surface area contributed by atoms with Crippen LogP contribution in [0.15, 0.2) is 0 Å². The first-order chi connectivity index (χ1) is 7.66. The van der Waals surface area contributed by atoms with Crippen LogP contribution in [0.2, 0.25) is 0 Å². The Hall–Kier alpha value is -1.56. The van der Waals surface area contributed by atoms with E-state index in [0.717, 1.165) is 12.8 Å². The number of nitrogens with zero attached hydrogens (tertiary/aromatic N) is 1. The lowest BCUT2D eigenvalue weighted by atomic mass is 10.3. The molecule has 1 aromatic heterocycles. The molecule has 0 bridgehead atoms. The molecule has 90 valence electrons. The molecule has 6 heteroatoms. The minimum atomic E-state index is -0.237. The molecule has 0 saturated heterocycles. The van der Waals surface area contributed by atoms with Gasteiger partial charge in [0.05, 0.1) is 11.4 Å². The number of ether oxygens (including phenoxy) is 1. The van der Waals surface area contributed by atoms with Gasteiger partial charge < -0.3 is 15.8 Å². The van der Waals surface area contributed by atoms with E-state index in [4.69, 9.17) is 10.5 Å². The van der Waals surface area contributed by atoms with E-state index in [1.54, 1.807) is 14.0 Å². The second-order valence-corrected chi connectivity index (χ2v) is 3.57. The van der Waals surface area contributed by atoms with Crippen LogP contribution < -0.4 is 11.1 Å². The molecule has 16 heavy (non-hydrogen) atoms. The Bertz CT molecular complexity index is 349. The zero-order chi connectivity index (χ0) is 12.0. The summed E-state index contributed by atoms with van der Waals surface area (Å²) in [4.78, 5) is 11.6. The topological polar surface area (TPSA) is 93.0 Å². The molecule has 0 aliphatic carbocycles. The molecular formula is C10H18N4O2. The summed E-state index contributed by atoms with van der Waals surface area (Å²) in [5.74, 6) is -0.237. The standard InChI is InChI=1S/C10H18N4O2/c1-7-8(11)9(14-13-7)10(15)12-5-3-4-6-16-2/h3-6,11H2,1-2H3,(H,12,15)(H,13,14). The summed E-state index contributed by atoms with van der Waals surface area (Å²) in [6, 6.07) is 0. The van der Waals surface area contributed by atoms with Crippen molar-refractivity contribution < 1.29 is 9.53 Å². The van der Waals surface area contributed by atoms with Crippen molar-refractivity contribution in [1.29, 1.82) is 0 Å². The highest BCUT2D eigenvalue weighted by molar-refractivity contribution is 5.97. The van der Waals surface area contributed by atoms with Gasteiger partial charge in [0.25, 0.3) is 5.91 Å². The molecule has 4 N–H and O–H groups in total. The number of methoxy groups -OCH3 is 1. The molecule has 0 unspecified atom stereocenters. The summed E-state index contributed by atoms with van der Waals surface area (Å²) in [6.45, 7) is 3.09. The fraction of sp³-hybridized carbons (Fsp3) is 0.600. The molecule has 0 atom stereocenters. The minimum Gasteiger partial charge on any atom is -0.395 e. The van der Waals surface area contributed by atoms with E-state index in [0.29, 0.717) is 24.5 Å². The van der Waals surface area contributed by atoms with Gasteiger partial charge in [0.1, 0.15) is 0 Å². The van der Waals surface area contributed by atoms with Crippen LogP contribution in [-0.2, 0) is 4.74 Å². The summed E-state index contributed by atoms with van der Waals surface area (Å²) < 4.78 is 4.91. The zero-order valence-corrected chi connectivity index (χ0v) is 9.67. The lowest BCUT2D eigenvalue weighted by Crippen LogP contribution is -2.25. The van der Waals surface area contributed by atoms with Gasteiger partial charge in [-0.15, -0.1) is 0 Å². The number of anilines is 1. The number of rotatable bonds is 6. The van der Waals surface area contributed by atoms with E-state index in [-0.39, 0.29) is 11.6 Å². The van der Waals surface area contributed by atoms with Gasteiger partial charge in [-0.05, 0) is 19.8 Å². The second kappa shape index (κ2) is 6.12. The Labute approximate surface area is 94.5 Å². The van der Waals surface area contributed by atoms with Crippen molar-refractivity contribution in [2.75, 3.05) is 26.0 Å². The number of nitrogens with two attached hydrogens (primary N) is 1. The number of amides is 1. The summed E-state index contributed by atoms with van der Waals surface area (Å²) in [5.41, 5.74) is 7.07. The summed E-state index contributed by atoms with van der Waals surface area (Å²) in [5, 5.41) is 9.27. The molecule has 1 rings (SSSR count). The molecule has 1 heterocycles. The van der Waals surface area contributed by atoms with Crippen molar-refractivity contribution in [1.82, 2.24) is 15.5 Å². The number of hydrogen-bond donors (Lipinski definition) is 3. The predicted octanol–water partition coefficient (Wildman–Crippen LogP) is 0.457. The van der Waals surface area contributed by atoms with Gasteiger partial charge in [-0.2, -0.15) is 5.10 Å². The fourth-order valence-electron chi connectivity index (χ4n) is 1.27. The summed E-state index contributed by atoms with van der Waals surface area (Å²) in [6.07, 6.45) is 1.80. The lowest BCUT2D eigenvalue weighted by Gasteiger charge is -2.03. The molecule has 0 spiro atoms. The third kappa shape index (κ3) is 3.23. The van der Waals surface area contributed by atoms with Gasteiger partial charge in [-0.1, -0.05) is 0 Å². The van der Waals surface area contributed by atoms with Gasteiger partial charge in [-0.25, -0.2) is 0 Å². The smallest absolute Gasteiger partial charge is 0.273 e. The maximum Gasteiger partial charge on any atom is 0.273 e. The Balaban J connectivity index is 2.33. The van der Waals surface area contributed by atoms with Crippen LogP contribution in [0.5, 0.6) is 0 Å². The van der Waals surface area contributed by atoms with Gasteiger partial charge in [0.2, 0.25) is 0 Å². The Kier molecular flexibility index (Phi) is 4.78. The first kappa shape index (κ1) is 12.5. The van der Waals surface area contributed by atoms with Gasteiger partial charge >= 0.3 is 0 Å². The molecule has 0 saturated carbocycles. The van der Waals surface area contributed by atoms with Crippen LogP contribution in [0.25, 0.3) is 0 Å². The Morgan fingerprint density at radius 2 is 2.31 bits per heavy atom. The molecule has 0 radical (unpaired) electrons. The van der Waals surface area contributed by atoms with Crippen LogP contribution in [-0.4, -0.2) is 36.4 Å². The number of H-pyrrole nitrogens is 1. The van der Waals surface area contributed by atoms with Crippen molar-refractivity contribution in [3.05, 3.63) is 11.4 Å². The molecule has 1 amide bonds. The molecule has 6 nitrogen and oxygen atoms in total. The molecule has 1 aromatic rings. The third-order valence-electron chi connectivity index (χ3n) is 2.27. The molecule has 0 aliphatic rings. The molecular weight excluding hydrogens is 208 g/mol. The molecule has 0 aliphatic heterocycles. The average Bonchev–Trinajstić information content (AvgIpc) is 2.59. The normalized spacial score (nSPS) is 10.4. The lowest BCUT2D eigenvalue weighted by molar-refractivity contribution is 0.0947. The Morgan fingerprint density at radius 3 is 2.88 bits per heavy atom. The van der Waals surface area contributed by atoms with Crippen molar-refractivity contribution in [2.45, 2.75) is 19.8 Å². The number of unbranched alkanes of at least 4 members (excludes halogenated alkanes) is 1. The minimum absolute atomic E-state index is 0.237. The van der Waals surface area contributed by atoms with E-state index in [2.05, 4.69) is 15.5 Å².